The van der Waals surface area contributed by atoms with Gasteiger partial charge in [-0.15, -0.1) is 0 Å². The lowest BCUT2D eigenvalue weighted by Gasteiger charge is -2.40. The topological polar surface area (TPSA) is 65.4 Å². The van der Waals surface area contributed by atoms with Gasteiger partial charge < -0.3 is 15.0 Å². The van der Waals surface area contributed by atoms with Crippen molar-refractivity contribution in [1.82, 2.24) is 0 Å². The first-order valence-electron chi connectivity index (χ1n) is 5.49. The minimum absolute atomic E-state index is 0.0399. The highest BCUT2D eigenvalue weighted by molar-refractivity contribution is 6.04. The number of nitrogens with one attached hydrogen (secondary N) is 1. The van der Waals surface area contributed by atoms with E-state index in [1.54, 1.807) is 12.1 Å². The van der Waals surface area contributed by atoms with Gasteiger partial charge in [0.05, 0.1) is 36.2 Å². The van der Waals surface area contributed by atoms with Gasteiger partial charge in [0, 0.05) is 6.54 Å². The average Bonchev–Trinajstić information content (AvgIpc) is 2.39. The van der Waals surface area contributed by atoms with E-state index in [1.807, 2.05) is 11.0 Å². The summed E-state index contributed by atoms with van der Waals surface area (Å²) in [5, 5.41) is 11.7. The highest BCUT2D eigenvalue weighted by atomic mass is 16.5. The Morgan fingerprint density at radius 3 is 3.24 bits per heavy atom. The van der Waals surface area contributed by atoms with Crippen molar-refractivity contribution in [3.63, 3.8) is 0 Å². The molecule has 5 heteroatoms. The van der Waals surface area contributed by atoms with E-state index in [0.29, 0.717) is 25.3 Å². The van der Waals surface area contributed by atoms with Gasteiger partial charge >= 0.3 is 0 Å². The van der Waals surface area contributed by atoms with E-state index in [4.69, 9.17) is 10.00 Å². The number of nitrogens with zero attached hydrogens (tertiary/aromatic N) is 2. The summed E-state index contributed by atoms with van der Waals surface area (Å²) in [4.78, 5) is 13.9. The molecule has 1 saturated heterocycles. The molecule has 2 heterocycles. The molecule has 0 bridgehead atoms. The minimum Gasteiger partial charge on any atom is -0.377 e. The van der Waals surface area contributed by atoms with Gasteiger partial charge in [-0.3, -0.25) is 4.79 Å². The smallest absolute Gasteiger partial charge is 0.249 e. The van der Waals surface area contributed by atoms with E-state index < -0.39 is 0 Å². The third kappa shape index (κ3) is 1.54. The highest BCUT2D eigenvalue weighted by Gasteiger charge is 2.35. The standard InChI is InChI=1S/C12H11N3O2/c13-6-8-1-2-9-10(5-8)15-3-4-17-7-11(15)12(16)14-9/h1-2,5,11H,3-4,7H2,(H,14,16). The van der Waals surface area contributed by atoms with Crippen LogP contribution in [0.1, 0.15) is 5.56 Å². The molecule has 2 aliphatic rings. The van der Waals surface area contributed by atoms with Crippen LogP contribution in [0.2, 0.25) is 0 Å². The summed E-state index contributed by atoms with van der Waals surface area (Å²) in [5.41, 5.74) is 2.29. The number of fused-ring (bicyclic) bond motifs is 3. The van der Waals surface area contributed by atoms with E-state index in [2.05, 4.69) is 11.4 Å². The number of amides is 1. The molecule has 1 fully saturated rings. The first-order valence-corrected chi connectivity index (χ1v) is 5.49. The SMILES string of the molecule is N#Cc1ccc2c(c1)N1CCOCC1C(=O)N2. The van der Waals surface area contributed by atoms with Gasteiger partial charge in [0.15, 0.2) is 0 Å². The molecule has 0 aromatic heterocycles. The summed E-state index contributed by atoms with van der Waals surface area (Å²) in [5.74, 6) is -0.0399. The summed E-state index contributed by atoms with van der Waals surface area (Å²) in [6.07, 6.45) is 0. The Morgan fingerprint density at radius 2 is 2.41 bits per heavy atom. The normalized spacial score (nSPS) is 22.2. The van der Waals surface area contributed by atoms with Crippen molar-refractivity contribution in [2.24, 2.45) is 0 Å². The van der Waals surface area contributed by atoms with Crippen molar-refractivity contribution in [3.05, 3.63) is 23.8 Å². The van der Waals surface area contributed by atoms with Crippen LogP contribution in [0, 0.1) is 11.3 Å². The number of hydrogen-bond acceptors (Lipinski definition) is 4. The molecule has 1 amide bonds. The van der Waals surface area contributed by atoms with Crippen LogP contribution in [0.25, 0.3) is 0 Å². The van der Waals surface area contributed by atoms with Gasteiger partial charge in [-0.2, -0.15) is 5.26 Å². The molecule has 0 radical (unpaired) electrons. The van der Waals surface area contributed by atoms with Crippen molar-refractivity contribution in [2.75, 3.05) is 30.0 Å². The quantitative estimate of drug-likeness (QED) is 0.711. The Balaban J connectivity index is 2.08. The fourth-order valence-electron chi connectivity index (χ4n) is 2.27. The lowest BCUT2D eigenvalue weighted by atomic mass is 10.1. The Morgan fingerprint density at radius 1 is 1.53 bits per heavy atom. The molecule has 0 saturated carbocycles. The summed E-state index contributed by atoms with van der Waals surface area (Å²) >= 11 is 0. The molecule has 0 aliphatic carbocycles. The highest BCUT2D eigenvalue weighted by Crippen LogP contribution is 2.33. The second-order valence-electron chi connectivity index (χ2n) is 4.12. The predicted molar refractivity (Wildman–Crippen MR) is 61.7 cm³/mol. The van der Waals surface area contributed by atoms with Gasteiger partial charge in [-0.25, -0.2) is 0 Å². The molecule has 86 valence electrons. The van der Waals surface area contributed by atoms with Crippen LogP contribution < -0.4 is 10.2 Å². The van der Waals surface area contributed by atoms with E-state index in [9.17, 15) is 4.79 Å². The van der Waals surface area contributed by atoms with Crippen LogP contribution in [0.5, 0.6) is 0 Å². The monoisotopic (exact) mass is 229 g/mol. The first kappa shape index (κ1) is 10.1. The van der Waals surface area contributed by atoms with Gasteiger partial charge in [-0.05, 0) is 18.2 Å². The van der Waals surface area contributed by atoms with Crippen LogP contribution in [-0.4, -0.2) is 31.7 Å². The lowest BCUT2D eigenvalue weighted by molar-refractivity contribution is -0.119. The molecule has 1 aromatic rings. The summed E-state index contributed by atoms with van der Waals surface area (Å²) < 4.78 is 5.31. The Kier molecular flexibility index (Phi) is 2.23. The number of benzene rings is 1. The summed E-state index contributed by atoms with van der Waals surface area (Å²) in [7, 11) is 0. The first-order chi connectivity index (χ1) is 8.29. The van der Waals surface area contributed by atoms with Gasteiger partial charge in [0.1, 0.15) is 6.04 Å². The van der Waals surface area contributed by atoms with E-state index in [-0.39, 0.29) is 11.9 Å². The van der Waals surface area contributed by atoms with Crippen LogP contribution in [0.15, 0.2) is 18.2 Å². The fourth-order valence-corrected chi connectivity index (χ4v) is 2.27. The summed E-state index contributed by atoms with van der Waals surface area (Å²) in [6, 6.07) is 7.14. The zero-order valence-electron chi connectivity index (χ0n) is 9.14. The predicted octanol–water partition coefficient (Wildman–Crippen LogP) is 0.716. The molecule has 1 aromatic carbocycles. The molecule has 1 unspecified atom stereocenters. The molecule has 0 spiro atoms. The number of morpholine rings is 1. The third-order valence-electron chi connectivity index (χ3n) is 3.13. The molecule has 3 rings (SSSR count). The van der Waals surface area contributed by atoms with Crippen LogP contribution in [0.3, 0.4) is 0 Å². The average molecular weight is 229 g/mol. The second kappa shape index (κ2) is 3.75. The van der Waals surface area contributed by atoms with Gasteiger partial charge in [-0.1, -0.05) is 0 Å². The molecule has 2 aliphatic heterocycles. The number of anilines is 2. The van der Waals surface area contributed by atoms with Gasteiger partial charge in [0.25, 0.3) is 0 Å². The largest absolute Gasteiger partial charge is 0.377 e. The van der Waals surface area contributed by atoms with E-state index >= 15 is 0 Å². The zero-order valence-corrected chi connectivity index (χ0v) is 9.14. The lowest BCUT2D eigenvalue weighted by Crippen LogP contribution is -2.54. The van der Waals surface area contributed by atoms with Crippen molar-refractivity contribution in [2.45, 2.75) is 6.04 Å². The van der Waals surface area contributed by atoms with Crippen molar-refractivity contribution < 1.29 is 9.53 Å². The third-order valence-corrected chi connectivity index (χ3v) is 3.13. The molecule has 1 atom stereocenters. The Bertz CT molecular complexity index is 521. The van der Waals surface area contributed by atoms with Crippen molar-refractivity contribution >= 4 is 17.3 Å². The maximum atomic E-state index is 11.8. The van der Waals surface area contributed by atoms with Gasteiger partial charge in [0.2, 0.25) is 5.91 Å². The van der Waals surface area contributed by atoms with E-state index in [1.165, 1.54) is 0 Å². The molecule has 5 nitrogen and oxygen atoms in total. The molecule has 17 heavy (non-hydrogen) atoms. The Labute approximate surface area is 98.6 Å². The minimum atomic E-state index is -0.273. The molecular formula is C12H11N3O2. The van der Waals surface area contributed by atoms with E-state index in [0.717, 1.165) is 11.4 Å². The van der Waals surface area contributed by atoms with Crippen LogP contribution in [-0.2, 0) is 9.53 Å². The maximum absolute atomic E-state index is 11.8. The second-order valence-corrected chi connectivity index (χ2v) is 4.12. The van der Waals surface area contributed by atoms with Crippen LogP contribution >= 0.6 is 0 Å². The molecular weight excluding hydrogens is 218 g/mol. The summed E-state index contributed by atoms with van der Waals surface area (Å²) in [6.45, 7) is 1.70. The van der Waals surface area contributed by atoms with Crippen LogP contribution in [0.4, 0.5) is 11.4 Å². The van der Waals surface area contributed by atoms with Crippen molar-refractivity contribution in [3.8, 4) is 6.07 Å². The number of rotatable bonds is 0. The maximum Gasteiger partial charge on any atom is 0.249 e. The number of ether oxygens (including phenoxy) is 1. The number of carbonyl (C=O) groups is 1. The Hall–Kier alpha value is -2.06. The number of carbonyl (C=O) groups excluding carboxylic acids is 1. The zero-order chi connectivity index (χ0) is 11.8. The molecule has 1 N–H and O–H groups in total. The van der Waals surface area contributed by atoms with Crippen molar-refractivity contribution in [1.29, 1.82) is 5.26 Å². The fraction of sp³-hybridized carbons (Fsp3) is 0.333. The number of hydrogen-bond donors (Lipinski definition) is 1. The number of nitriles is 1.